The van der Waals surface area contributed by atoms with Gasteiger partial charge in [-0.05, 0) is 47.2 Å². The van der Waals surface area contributed by atoms with Gasteiger partial charge in [0.15, 0.2) is 0 Å². The maximum absolute atomic E-state index is 10.7. The number of carbonyl (C=O) groups is 1. The monoisotopic (exact) mass is 349 g/mol. The summed E-state index contributed by atoms with van der Waals surface area (Å²) in [6, 6.07) is 4.89. The van der Waals surface area contributed by atoms with E-state index in [2.05, 4.69) is 22.6 Å². The number of amides is 1. The van der Waals surface area contributed by atoms with Gasteiger partial charge in [-0.15, -0.1) is 0 Å². The second kappa shape index (κ2) is 6.58. The largest absolute Gasteiger partial charge is 0.508 e. The predicted octanol–water partition coefficient (Wildman–Crippen LogP) is 1.48. The molecule has 92 valence electrons. The van der Waals surface area contributed by atoms with Crippen molar-refractivity contribution in [1.29, 1.82) is 0 Å². The summed E-state index contributed by atoms with van der Waals surface area (Å²) in [5, 5.41) is 27.6. The van der Waals surface area contributed by atoms with Crippen LogP contribution in [0.1, 0.15) is 18.1 Å². The summed E-state index contributed by atoms with van der Waals surface area (Å²) in [7, 11) is 0. The van der Waals surface area contributed by atoms with E-state index in [9.17, 15) is 15.0 Å². The van der Waals surface area contributed by atoms with Crippen LogP contribution < -0.4 is 5.48 Å². The molecule has 0 radical (unpaired) electrons. The first-order valence-electron chi connectivity index (χ1n) is 4.81. The van der Waals surface area contributed by atoms with E-state index in [4.69, 9.17) is 5.21 Å². The molecule has 5 nitrogen and oxygen atoms in total. The van der Waals surface area contributed by atoms with Gasteiger partial charge in [0.2, 0.25) is 0 Å². The van der Waals surface area contributed by atoms with Crippen LogP contribution in [0.15, 0.2) is 30.4 Å². The molecular weight excluding hydrogens is 337 g/mol. The van der Waals surface area contributed by atoms with Gasteiger partial charge < -0.3 is 10.2 Å². The number of halogens is 1. The summed E-state index contributed by atoms with van der Waals surface area (Å²) in [6.45, 7) is 0. The highest BCUT2D eigenvalue weighted by atomic mass is 127. The number of aliphatic hydroxyl groups is 1. The van der Waals surface area contributed by atoms with Gasteiger partial charge in [-0.3, -0.25) is 10.0 Å². The lowest BCUT2D eigenvalue weighted by molar-refractivity contribution is -0.124. The van der Waals surface area contributed by atoms with E-state index in [1.54, 1.807) is 12.1 Å². The van der Waals surface area contributed by atoms with Crippen LogP contribution in [0.3, 0.4) is 0 Å². The van der Waals surface area contributed by atoms with Gasteiger partial charge in [0, 0.05) is 15.2 Å². The Morgan fingerprint density at radius 1 is 1.53 bits per heavy atom. The maximum Gasteiger partial charge on any atom is 0.267 e. The van der Waals surface area contributed by atoms with E-state index < -0.39 is 12.0 Å². The molecule has 1 aromatic rings. The van der Waals surface area contributed by atoms with Gasteiger partial charge >= 0.3 is 0 Å². The van der Waals surface area contributed by atoms with Gasteiger partial charge in [0.1, 0.15) is 5.75 Å². The molecule has 0 unspecified atom stereocenters. The fraction of sp³-hybridized carbons (Fsp3) is 0.182. The number of hydroxylamine groups is 1. The van der Waals surface area contributed by atoms with Crippen LogP contribution in [0.2, 0.25) is 0 Å². The first-order chi connectivity index (χ1) is 8.04. The molecule has 0 saturated carbocycles. The number of benzene rings is 1. The van der Waals surface area contributed by atoms with Crippen molar-refractivity contribution in [2.75, 3.05) is 0 Å². The third kappa shape index (κ3) is 4.33. The van der Waals surface area contributed by atoms with Crippen LogP contribution in [0, 0.1) is 3.57 Å². The van der Waals surface area contributed by atoms with Crippen LogP contribution >= 0.6 is 22.6 Å². The van der Waals surface area contributed by atoms with Crippen molar-refractivity contribution in [3.05, 3.63) is 39.5 Å². The number of hydrogen-bond donors (Lipinski definition) is 4. The smallest absolute Gasteiger partial charge is 0.267 e. The topological polar surface area (TPSA) is 89.8 Å². The molecule has 17 heavy (non-hydrogen) atoms. The number of aliphatic hydroxyl groups excluding tert-OH is 1. The molecule has 0 aliphatic rings. The van der Waals surface area contributed by atoms with Crippen molar-refractivity contribution in [3.63, 3.8) is 0 Å². The van der Waals surface area contributed by atoms with Crippen LogP contribution in [-0.4, -0.2) is 21.3 Å². The van der Waals surface area contributed by atoms with Crippen LogP contribution in [-0.2, 0) is 4.79 Å². The molecule has 0 bridgehead atoms. The molecule has 0 saturated heterocycles. The molecule has 1 rings (SSSR count). The normalized spacial score (nSPS) is 12.6. The lowest BCUT2D eigenvalue weighted by Crippen LogP contribution is -2.15. The Morgan fingerprint density at radius 2 is 2.24 bits per heavy atom. The first kappa shape index (κ1) is 13.9. The molecule has 0 fully saturated rings. The van der Waals surface area contributed by atoms with Crippen molar-refractivity contribution in [2.24, 2.45) is 0 Å². The second-order valence-electron chi connectivity index (χ2n) is 3.33. The third-order valence-electron chi connectivity index (χ3n) is 2.09. The van der Waals surface area contributed by atoms with E-state index >= 15 is 0 Å². The summed E-state index contributed by atoms with van der Waals surface area (Å²) in [5.74, 6) is -0.651. The van der Waals surface area contributed by atoms with E-state index in [1.165, 1.54) is 17.6 Å². The first-order valence-corrected chi connectivity index (χ1v) is 5.89. The van der Waals surface area contributed by atoms with Crippen molar-refractivity contribution in [3.8, 4) is 5.75 Å². The van der Waals surface area contributed by atoms with E-state index in [0.29, 0.717) is 5.56 Å². The number of aromatic hydroxyl groups is 1. The van der Waals surface area contributed by atoms with Gasteiger partial charge in [0.25, 0.3) is 5.91 Å². The summed E-state index contributed by atoms with van der Waals surface area (Å²) < 4.78 is 0.895. The zero-order valence-electron chi connectivity index (χ0n) is 8.80. The molecule has 6 heteroatoms. The third-order valence-corrected chi connectivity index (χ3v) is 2.76. The Balaban J connectivity index is 2.69. The molecule has 0 spiro atoms. The van der Waals surface area contributed by atoms with E-state index in [-0.39, 0.29) is 12.2 Å². The summed E-state index contributed by atoms with van der Waals surface area (Å²) in [6.07, 6.45) is 1.79. The predicted molar refractivity (Wildman–Crippen MR) is 69.5 cm³/mol. The number of hydrogen-bond acceptors (Lipinski definition) is 4. The molecule has 1 atom stereocenters. The average Bonchev–Trinajstić information content (AvgIpc) is 2.31. The van der Waals surface area contributed by atoms with Gasteiger partial charge in [-0.1, -0.05) is 6.08 Å². The van der Waals surface area contributed by atoms with Crippen LogP contribution in [0.4, 0.5) is 0 Å². The highest BCUT2D eigenvalue weighted by Crippen LogP contribution is 2.28. The minimum Gasteiger partial charge on any atom is -0.508 e. The lowest BCUT2D eigenvalue weighted by atomic mass is 10.1. The Bertz CT molecular complexity index is 433. The fourth-order valence-electron chi connectivity index (χ4n) is 1.26. The zero-order valence-corrected chi connectivity index (χ0v) is 11.0. The molecule has 1 aromatic carbocycles. The van der Waals surface area contributed by atoms with Crippen LogP contribution in [0.5, 0.6) is 5.75 Å². The number of phenols is 1. The van der Waals surface area contributed by atoms with Gasteiger partial charge in [-0.25, -0.2) is 5.48 Å². The molecule has 0 aromatic heterocycles. The van der Waals surface area contributed by atoms with Crippen LogP contribution in [0.25, 0.3) is 0 Å². The Hall–Kier alpha value is -1.12. The van der Waals surface area contributed by atoms with Gasteiger partial charge in [-0.2, -0.15) is 0 Å². The lowest BCUT2D eigenvalue weighted by Gasteiger charge is -2.10. The Kier molecular flexibility index (Phi) is 5.39. The quantitative estimate of drug-likeness (QED) is 0.287. The number of carbonyl (C=O) groups excluding carboxylic acids is 1. The summed E-state index contributed by atoms with van der Waals surface area (Å²) in [4.78, 5) is 10.7. The van der Waals surface area contributed by atoms with Crippen molar-refractivity contribution >= 4 is 28.5 Å². The fourth-order valence-corrected chi connectivity index (χ4v) is 1.78. The maximum atomic E-state index is 10.7. The molecule has 0 aliphatic heterocycles. The number of nitrogens with one attached hydrogen (secondary N) is 1. The molecule has 1 amide bonds. The minimum atomic E-state index is -0.896. The van der Waals surface area contributed by atoms with Crippen molar-refractivity contribution < 1.29 is 20.2 Å². The average molecular weight is 349 g/mol. The molecule has 0 aliphatic carbocycles. The molecule has 0 heterocycles. The van der Waals surface area contributed by atoms with Gasteiger partial charge in [0.05, 0.1) is 6.10 Å². The molecule has 4 N–H and O–H groups in total. The highest BCUT2D eigenvalue weighted by Gasteiger charge is 2.11. The standard InChI is InChI=1S/C11H12INO4/c12-7-4-5-10(15)8(6-7)9(14)2-1-3-11(16)13-17/h1,3-6,9,14-15,17H,2H2,(H,13,16)/b3-1+/t9-/m1/s1. The second-order valence-corrected chi connectivity index (χ2v) is 4.58. The van der Waals surface area contributed by atoms with Crippen molar-refractivity contribution in [2.45, 2.75) is 12.5 Å². The number of rotatable bonds is 4. The summed E-state index contributed by atoms with van der Waals surface area (Å²) in [5.41, 5.74) is 1.85. The van der Waals surface area contributed by atoms with E-state index in [1.807, 2.05) is 0 Å². The van der Waals surface area contributed by atoms with Crippen molar-refractivity contribution in [1.82, 2.24) is 5.48 Å². The summed E-state index contributed by atoms with van der Waals surface area (Å²) >= 11 is 2.07. The Morgan fingerprint density at radius 3 is 2.88 bits per heavy atom. The Labute approximate surface area is 112 Å². The van der Waals surface area contributed by atoms with E-state index in [0.717, 1.165) is 9.65 Å². The minimum absolute atomic E-state index is 0.0120. The zero-order chi connectivity index (χ0) is 12.8. The SMILES string of the molecule is O=C(/C=C/C[C@@H](O)c1cc(I)ccc1O)NO. The number of phenolic OH excluding ortho intramolecular Hbond substituents is 1. The molecular formula is C11H12INO4. The highest BCUT2D eigenvalue weighted by molar-refractivity contribution is 14.1.